The lowest BCUT2D eigenvalue weighted by atomic mass is 10.2. The smallest absolute Gasteiger partial charge is 0.182 e. The Kier molecular flexibility index (Phi) is 1.53. The summed E-state index contributed by atoms with van der Waals surface area (Å²) in [5.74, 6) is 0. The molecule has 2 heterocycles. The molecule has 0 atom stereocenters. The summed E-state index contributed by atoms with van der Waals surface area (Å²) in [6.45, 7) is 0. The van der Waals surface area contributed by atoms with Crippen molar-refractivity contribution in [3.63, 3.8) is 0 Å². The minimum absolute atomic E-state index is 0.695. The molecule has 17 heavy (non-hydrogen) atoms. The molecule has 0 aliphatic carbocycles. The Morgan fingerprint density at radius 2 is 1.53 bits per heavy atom. The van der Waals surface area contributed by atoms with Crippen molar-refractivity contribution in [1.29, 1.82) is 0 Å². The van der Waals surface area contributed by atoms with Crippen LogP contribution in [-0.2, 0) is 0 Å². The minimum atomic E-state index is 0.695. The molecular weight excluding hydrogens is 214 g/mol. The molecule has 4 aromatic rings. The monoisotopic (exact) mass is 221 g/mol. The van der Waals surface area contributed by atoms with Crippen LogP contribution in [0, 0.1) is 0 Å². The number of fused-ring (bicyclic) bond motifs is 4. The van der Waals surface area contributed by atoms with E-state index in [9.17, 15) is 0 Å². The third-order valence-electron chi connectivity index (χ3n) is 2.81. The first-order chi connectivity index (χ1) is 8.42. The molecule has 0 amide bonds. The van der Waals surface area contributed by atoms with Gasteiger partial charge in [-0.2, -0.15) is 0 Å². The number of hydrogen-bond donors (Lipinski definition) is 0. The third-order valence-corrected chi connectivity index (χ3v) is 2.81. The molecule has 0 aliphatic heterocycles. The quantitative estimate of drug-likeness (QED) is 0.428. The first-order valence-electron chi connectivity index (χ1n) is 5.30. The van der Waals surface area contributed by atoms with E-state index in [-0.39, 0.29) is 0 Å². The fourth-order valence-electron chi connectivity index (χ4n) is 2.01. The Labute approximate surface area is 95.9 Å². The van der Waals surface area contributed by atoms with Crippen LogP contribution in [-0.4, -0.2) is 15.0 Å². The lowest BCUT2D eigenvalue weighted by Gasteiger charge is -2.00. The van der Waals surface area contributed by atoms with Crippen molar-refractivity contribution >= 4 is 33.2 Å². The van der Waals surface area contributed by atoms with Gasteiger partial charge in [0.25, 0.3) is 0 Å². The highest BCUT2D eigenvalue weighted by molar-refractivity contribution is 6.01. The van der Waals surface area contributed by atoms with Gasteiger partial charge in [-0.3, -0.25) is 0 Å². The van der Waals surface area contributed by atoms with E-state index in [2.05, 4.69) is 15.0 Å². The van der Waals surface area contributed by atoms with Crippen molar-refractivity contribution in [1.82, 2.24) is 15.0 Å². The van der Waals surface area contributed by atoms with Crippen LogP contribution in [0.15, 0.2) is 47.2 Å². The average molecular weight is 221 g/mol. The van der Waals surface area contributed by atoms with Crippen molar-refractivity contribution in [2.45, 2.75) is 0 Å². The van der Waals surface area contributed by atoms with Crippen molar-refractivity contribution in [2.24, 2.45) is 0 Å². The van der Waals surface area contributed by atoms with Crippen LogP contribution in [0.25, 0.3) is 33.2 Å². The highest BCUT2D eigenvalue weighted by atomic mass is 16.3. The van der Waals surface area contributed by atoms with Crippen molar-refractivity contribution in [2.75, 3.05) is 0 Å². The predicted octanol–water partition coefficient (Wildman–Crippen LogP) is 2.92. The van der Waals surface area contributed by atoms with E-state index in [0.29, 0.717) is 5.58 Å². The van der Waals surface area contributed by atoms with Crippen molar-refractivity contribution < 1.29 is 4.42 Å². The normalized spacial score (nSPS) is 11.5. The van der Waals surface area contributed by atoms with Gasteiger partial charge < -0.3 is 4.42 Å². The Morgan fingerprint density at radius 1 is 0.765 bits per heavy atom. The molecule has 0 N–H and O–H groups in total. The Balaban J connectivity index is 2.29. The van der Waals surface area contributed by atoms with Crippen LogP contribution in [0.5, 0.6) is 0 Å². The molecule has 80 valence electrons. The second-order valence-corrected chi connectivity index (χ2v) is 3.85. The molecule has 0 bridgehead atoms. The number of nitrogens with zero attached hydrogens (tertiary/aromatic N) is 3. The zero-order chi connectivity index (χ0) is 11.2. The highest BCUT2D eigenvalue weighted by Gasteiger charge is 2.08. The molecule has 0 radical (unpaired) electrons. The van der Waals surface area contributed by atoms with Gasteiger partial charge in [-0.25, -0.2) is 15.0 Å². The van der Waals surface area contributed by atoms with Gasteiger partial charge in [0, 0.05) is 0 Å². The molecule has 0 saturated carbocycles. The van der Waals surface area contributed by atoms with Crippen molar-refractivity contribution in [3.8, 4) is 0 Å². The number of rotatable bonds is 0. The number of oxazole rings is 1. The summed E-state index contributed by atoms with van der Waals surface area (Å²) < 4.78 is 5.37. The molecule has 0 fully saturated rings. The summed E-state index contributed by atoms with van der Waals surface area (Å²) in [4.78, 5) is 13.3. The summed E-state index contributed by atoms with van der Waals surface area (Å²) in [6.07, 6.45) is 1.43. The Morgan fingerprint density at radius 3 is 2.41 bits per heavy atom. The fraction of sp³-hybridized carbons (Fsp3) is 0. The lowest BCUT2D eigenvalue weighted by molar-refractivity contribution is 0.604. The Bertz CT molecular complexity index is 851. The first kappa shape index (κ1) is 8.64. The molecule has 0 spiro atoms. The number of hydrogen-bond acceptors (Lipinski definition) is 4. The maximum atomic E-state index is 5.37. The van der Waals surface area contributed by atoms with E-state index in [1.54, 1.807) is 0 Å². The highest BCUT2D eigenvalue weighted by Crippen LogP contribution is 2.23. The number of aromatic nitrogens is 3. The molecule has 4 heteroatoms. The van der Waals surface area contributed by atoms with E-state index >= 15 is 0 Å². The van der Waals surface area contributed by atoms with Crippen LogP contribution in [0.4, 0.5) is 0 Å². The molecule has 2 aromatic heterocycles. The van der Waals surface area contributed by atoms with Crippen LogP contribution >= 0.6 is 0 Å². The van der Waals surface area contributed by atoms with Gasteiger partial charge in [0.1, 0.15) is 11.0 Å². The van der Waals surface area contributed by atoms with E-state index < -0.39 is 0 Å². The fourth-order valence-corrected chi connectivity index (χ4v) is 2.01. The topological polar surface area (TPSA) is 51.8 Å². The zero-order valence-corrected chi connectivity index (χ0v) is 8.79. The van der Waals surface area contributed by atoms with Crippen LogP contribution in [0.1, 0.15) is 0 Å². The largest absolute Gasteiger partial charge is 0.441 e. The van der Waals surface area contributed by atoms with E-state index in [1.807, 2.05) is 36.4 Å². The van der Waals surface area contributed by atoms with Crippen LogP contribution < -0.4 is 0 Å². The maximum Gasteiger partial charge on any atom is 0.182 e. The van der Waals surface area contributed by atoms with Gasteiger partial charge in [0.15, 0.2) is 12.0 Å². The van der Waals surface area contributed by atoms with Gasteiger partial charge in [-0.15, -0.1) is 0 Å². The second kappa shape index (κ2) is 3.01. The number of benzene rings is 2. The van der Waals surface area contributed by atoms with Gasteiger partial charge in [-0.1, -0.05) is 12.1 Å². The molecule has 0 saturated heterocycles. The summed E-state index contributed by atoms with van der Waals surface area (Å²) in [6, 6.07) is 11.6. The lowest BCUT2D eigenvalue weighted by Crippen LogP contribution is -1.87. The molecule has 4 rings (SSSR count). The number of para-hydroxylation sites is 2. The molecule has 4 nitrogen and oxygen atoms in total. The molecule has 0 unspecified atom stereocenters. The first-order valence-corrected chi connectivity index (χ1v) is 5.30. The van der Waals surface area contributed by atoms with E-state index in [4.69, 9.17) is 4.42 Å². The SMILES string of the molecule is c1ccc2nc3c(ccc4ncoc43)nc2c1. The molecule has 2 aromatic carbocycles. The van der Waals surface area contributed by atoms with Crippen LogP contribution in [0.3, 0.4) is 0 Å². The van der Waals surface area contributed by atoms with E-state index in [1.165, 1.54) is 6.39 Å². The van der Waals surface area contributed by atoms with Crippen molar-refractivity contribution in [3.05, 3.63) is 42.8 Å². The predicted molar refractivity (Wildman–Crippen MR) is 64.6 cm³/mol. The van der Waals surface area contributed by atoms with Gasteiger partial charge in [0.2, 0.25) is 0 Å². The molecular formula is C13H7N3O. The summed E-state index contributed by atoms with van der Waals surface area (Å²) in [5, 5.41) is 0. The standard InChI is InChI=1S/C13H7N3O/c1-2-4-9-8(3-1)15-10-5-6-11-13(12(10)16-9)17-7-14-11/h1-7H. The summed E-state index contributed by atoms with van der Waals surface area (Å²) in [5.41, 5.74) is 4.84. The Hall–Kier alpha value is -2.49. The summed E-state index contributed by atoms with van der Waals surface area (Å²) >= 11 is 0. The average Bonchev–Trinajstić information content (AvgIpc) is 2.85. The van der Waals surface area contributed by atoms with Gasteiger partial charge in [-0.05, 0) is 24.3 Å². The summed E-state index contributed by atoms with van der Waals surface area (Å²) in [7, 11) is 0. The third kappa shape index (κ3) is 1.15. The maximum absolute atomic E-state index is 5.37. The second-order valence-electron chi connectivity index (χ2n) is 3.85. The van der Waals surface area contributed by atoms with Gasteiger partial charge >= 0.3 is 0 Å². The minimum Gasteiger partial charge on any atom is -0.441 e. The molecule has 0 aliphatic rings. The van der Waals surface area contributed by atoms with Gasteiger partial charge in [0.05, 0.1) is 16.6 Å². The van der Waals surface area contributed by atoms with Crippen LogP contribution in [0.2, 0.25) is 0 Å². The van der Waals surface area contributed by atoms with E-state index in [0.717, 1.165) is 27.6 Å². The zero-order valence-electron chi connectivity index (χ0n) is 8.79.